The van der Waals surface area contributed by atoms with Crippen LogP contribution in [0.3, 0.4) is 0 Å². The highest BCUT2D eigenvalue weighted by molar-refractivity contribution is 7.89. The molecule has 154 valence electrons. The Labute approximate surface area is 170 Å². The van der Waals surface area contributed by atoms with Gasteiger partial charge in [0.1, 0.15) is 0 Å². The van der Waals surface area contributed by atoms with Crippen LogP contribution in [-0.4, -0.2) is 62.8 Å². The zero-order valence-corrected chi connectivity index (χ0v) is 17.5. The Morgan fingerprint density at radius 2 is 1.48 bits per heavy atom. The maximum Gasteiger partial charge on any atom is 0.337 e. The van der Waals surface area contributed by atoms with Crippen molar-refractivity contribution in [2.24, 2.45) is 0 Å². The summed E-state index contributed by atoms with van der Waals surface area (Å²) in [7, 11) is -2.30. The summed E-state index contributed by atoms with van der Waals surface area (Å²) in [5.74, 6) is -0.654. The van der Waals surface area contributed by atoms with Crippen molar-refractivity contribution in [3.63, 3.8) is 0 Å². The molecular weight excluding hydrogens is 392 g/mol. The average molecular weight is 416 g/mol. The van der Waals surface area contributed by atoms with E-state index >= 15 is 0 Å². The summed E-state index contributed by atoms with van der Waals surface area (Å²) in [4.78, 5) is 26.1. The van der Waals surface area contributed by atoms with Crippen molar-refractivity contribution < 1.29 is 22.7 Å². The smallest absolute Gasteiger partial charge is 0.337 e. The first kappa shape index (κ1) is 21.0. The summed E-state index contributed by atoms with van der Waals surface area (Å²) in [6.07, 6.45) is 0. The number of piperazine rings is 1. The standard InChI is InChI=1S/C21H24N2O5S/c1-15-4-9-19(16(2)14-15)29(26,27)23-12-10-22(11-13-23)20(24)17-5-7-18(8-6-17)21(25)28-3/h4-9,14H,10-13H2,1-3H3. The minimum atomic E-state index is -3.60. The van der Waals surface area contributed by atoms with E-state index in [1.807, 2.05) is 13.0 Å². The monoisotopic (exact) mass is 416 g/mol. The third-order valence-corrected chi connectivity index (χ3v) is 7.09. The molecule has 1 saturated heterocycles. The molecule has 3 rings (SSSR count). The molecule has 1 aliphatic heterocycles. The SMILES string of the molecule is COC(=O)c1ccc(C(=O)N2CCN(S(=O)(=O)c3ccc(C)cc3C)CC2)cc1. The van der Waals surface area contributed by atoms with Gasteiger partial charge in [-0.15, -0.1) is 0 Å². The Balaban J connectivity index is 1.68. The number of nitrogens with zero attached hydrogens (tertiary/aromatic N) is 2. The van der Waals surface area contributed by atoms with Crippen LogP contribution in [-0.2, 0) is 14.8 Å². The summed E-state index contributed by atoms with van der Waals surface area (Å²) in [5.41, 5.74) is 2.54. The predicted octanol–water partition coefficient (Wildman–Crippen LogP) is 2.24. The fourth-order valence-corrected chi connectivity index (χ4v) is 5.04. The van der Waals surface area contributed by atoms with Gasteiger partial charge in [0.05, 0.1) is 17.6 Å². The number of methoxy groups -OCH3 is 1. The van der Waals surface area contributed by atoms with Gasteiger partial charge < -0.3 is 9.64 Å². The lowest BCUT2D eigenvalue weighted by Gasteiger charge is -2.34. The first-order chi connectivity index (χ1) is 13.7. The highest BCUT2D eigenvalue weighted by Gasteiger charge is 2.31. The van der Waals surface area contributed by atoms with E-state index in [0.29, 0.717) is 34.7 Å². The molecule has 1 amide bonds. The fraction of sp³-hybridized carbons (Fsp3) is 0.333. The average Bonchev–Trinajstić information content (AvgIpc) is 2.72. The lowest BCUT2D eigenvalue weighted by Crippen LogP contribution is -2.50. The number of esters is 1. The van der Waals surface area contributed by atoms with Gasteiger partial charge in [-0.3, -0.25) is 4.79 Å². The normalized spacial score (nSPS) is 15.2. The van der Waals surface area contributed by atoms with Crippen molar-refractivity contribution in [2.45, 2.75) is 18.7 Å². The number of rotatable bonds is 4. The second kappa shape index (κ2) is 8.34. The van der Waals surface area contributed by atoms with E-state index in [2.05, 4.69) is 4.74 Å². The summed E-state index contributed by atoms with van der Waals surface area (Å²) in [6, 6.07) is 11.5. The molecular formula is C21H24N2O5S. The van der Waals surface area contributed by atoms with Crippen LogP contribution in [0.4, 0.5) is 0 Å². The second-order valence-electron chi connectivity index (χ2n) is 7.03. The first-order valence-electron chi connectivity index (χ1n) is 9.29. The Hall–Kier alpha value is -2.71. The van der Waals surface area contributed by atoms with Crippen LogP contribution in [0.25, 0.3) is 0 Å². The summed E-state index contributed by atoms with van der Waals surface area (Å²) < 4.78 is 32.0. The van der Waals surface area contributed by atoms with Crippen LogP contribution in [0.1, 0.15) is 31.8 Å². The van der Waals surface area contributed by atoms with E-state index < -0.39 is 16.0 Å². The fourth-order valence-electron chi connectivity index (χ4n) is 3.41. The molecule has 1 fully saturated rings. The van der Waals surface area contributed by atoms with Crippen molar-refractivity contribution >= 4 is 21.9 Å². The molecule has 0 aliphatic carbocycles. The van der Waals surface area contributed by atoms with Gasteiger partial charge in [-0.1, -0.05) is 17.7 Å². The Kier molecular flexibility index (Phi) is 6.04. The topological polar surface area (TPSA) is 84.0 Å². The summed E-state index contributed by atoms with van der Waals surface area (Å²) in [5, 5.41) is 0. The largest absolute Gasteiger partial charge is 0.465 e. The van der Waals surface area contributed by atoms with E-state index in [9.17, 15) is 18.0 Å². The molecule has 29 heavy (non-hydrogen) atoms. The van der Waals surface area contributed by atoms with Crippen LogP contribution < -0.4 is 0 Å². The molecule has 2 aromatic carbocycles. The number of ether oxygens (including phenoxy) is 1. The van der Waals surface area contributed by atoms with Gasteiger partial charge in [-0.05, 0) is 49.7 Å². The molecule has 0 atom stereocenters. The number of hydrogen-bond acceptors (Lipinski definition) is 5. The van der Waals surface area contributed by atoms with Gasteiger partial charge >= 0.3 is 5.97 Å². The molecule has 0 spiro atoms. The van der Waals surface area contributed by atoms with Gasteiger partial charge in [0.15, 0.2) is 0 Å². The van der Waals surface area contributed by atoms with Crippen molar-refractivity contribution in [1.29, 1.82) is 0 Å². The molecule has 1 heterocycles. The lowest BCUT2D eigenvalue weighted by molar-refractivity contribution is 0.0599. The molecule has 1 aliphatic rings. The number of sulfonamides is 1. The number of carbonyl (C=O) groups excluding carboxylic acids is 2. The minimum absolute atomic E-state index is 0.190. The molecule has 0 radical (unpaired) electrons. The summed E-state index contributed by atoms with van der Waals surface area (Å²) in [6.45, 7) is 4.80. The molecule has 0 saturated carbocycles. The van der Waals surface area contributed by atoms with Crippen LogP contribution in [0.5, 0.6) is 0 Å². The van der Waals surface area contributed by atoms with Crippen LogP contribution in [0.2, 0.25) is 0 Å². The van der Waals surface area contributed by atoms with E-state index in [1.165, 1.54) is 11.4 Å². The molecule has 2 aromatic rings. The predicted molar refractivity (Wildman–Crippen MR) is 108 cm³/mol. The number of amides is 1. The third-order valence-electron chi connectivity index (χ3n) is 5.03. The van der Waals surface area contributed by atoms with Gasteiger partial charge in [0.25, 0.3) is 5.91 Å². The van der Waals surface area contributed by atoms with Gasteiger partial charge in [0, 0.05) is 31.7 Å². The van der Waals surface area contributed by atoms with Gasteiger partial charge in [0.2, 0.25) is 10.0 Å². The molecule has 0 bridgehead atoms. The van der Waals surface area contributed by atoms with Crippen LogP contribution >= 0.6 is 0 Å². The number of carbonyl (C=O) groups is 2. The number of hydrogen-bond donors (Lipinski definition) is 0. The maximum absolute atomic E-state index is 13.0. The van der Waals surface area contributed by atoms with E-state index in [-0.39, 0.29) is 19.0 Å². The van der Waals surface area contributed by atoms with Crippen LogP contribution in [0.15, 0.2) is 47.4 Å². The highest BCUT2D eigenvalue weighted by Crippen LogP contribution is 2.22. The quantitative estimate of drug-likeness (QED) is 0.714. The molecule has 8 heteroatoms. The first-order valence-corrected chi connectivity index (χ1v) is 10.7. The number of benzene rings is 2. The third kappa shape index (κ3) is 4.33. The molecule has 0 aromatic heterocycles. The number of aryl methyl sites for hydroxylation is 2. The molecule has 0 N–H and O–H groups in total. The minimum Gasteiger partial charge on any atom is -0.465 e. The molecule has 7 nitrogen and oxygen atoms in total. The van der Waals surface area contributed by atoms with Crippen LogP contribution in [0, 0.1) is 13.8 Å². The van der Waals surface area contributed by atoms with E-state index in [0.717, 1.165) is 5.56 Å². The van der Waals surface area contributed by atoms with Gasteiger partial charge in [-0.2, -0.15) is 4.31 Å². The summed E-state index contributed by atoms with van der Waals surface area (Å²) >= 11 is 0. The van der Waals surface area contributed by atoms with Crippen molar-refractivity contribution in [3.05, 3.63) is 64.7 Å². The Morgan fingerprint density at radius 3 is 2.03 bits per heavy atom. The highest BCUT2D eigenvalue weighted by atomic mass is 32.2. The van der Waals surface area contributed by atoms with E-state index in [1.54, 1.807) is 48.2 Å². The van der Waals surface area contributed by atoms with E-state index in [4.69, 9.17) is 0 Å². The lowest BCUT2D eigenvalue weighted by atomic mass is 10.1. The zero-order valence-electron chi connectivity index (χ0n) is 16.7. The van der Waals surface area contributed by atoms with Crippen molar-refractivity contribution in [1.82, 2.24) is 9.21 Å². The molecule has 0 unspecified atom stereocenters. The van der Waals surface area contributed by atoms with Gasteiger partial charge in [-0.25, -0.2) is 13.2 Å². The Bertz CT molecular complexity index is 1020. The van der Waals surface area contributed by atoms with Crippen molar-refractivity contribution in [3.8, 4) is 0 Å². The Morgan fingerprint density at radius 1 is 0.897 bits per heavy atom. The zero-order chi connectivity index (χ0) is 21.2. The maximum atomic E-state index is 13.0. The second-order valence-corrected chi connectivity index (χ2v) is 8.94. The van der Waals surface area contributed by atoms with Crippen molar-refractivity contribution in [2.75, 3.05) is 33.3 Å².